The number of carbonyl (C=O) groups is 1. The maximum atomic E-state index is 12.4. The molecule has 0 unspecified atom stereocenters. The van der Waals surface area contributed by atoms with E-state index in [2.05, 4.69) is 10.1 Å². The van der Waals surface area contributed by atoms with E-state index in [0.717, 1.165) is 0 Å². The van der Waals surface area contributed by atoms with Gasteiger partial charge in [0, 0.05) is 22.9 Å². The molecular weight excluding hydrogens is 338 g/mol. The molecule has 124 valence electrons. The van der Waals surface area contributed by atoms with E-state index in [0.29, 0.717) is 27.9 Å². The molecule has 24 heavy (non-hydrogen) atoms. The SMILES string of the molecule is Cc1cc(C#N)ccc1C(=O)Nc1ccc(CCl)c(OC(F)F)c1. The summed E-state index contributed by atoms with van der Waals surface area (Å²) in [5.74, 6) is -0.502. The van der Waals surface area contributed by atoms with Crippen LogP contribution in [0.3, 0.4) is 0 Å². The van der Waals surface area contributed by atoms with Gasteiger partial charge in [-0.3, -0.25) is 4.79 Å². The minimum absolute atomic E-state index is 0.00497. The van der Waals surface area contributed by atoms with Gasteiger partial charge in [-0.1, -0.05) is 6.07 Å². The molecule has 0 aliphatic heterocycles. The van der Waals surface area contributed by atoms with E-state index in [-0.39, 0.29) is 11.6 Å². The Kier molecular flexibility index (Phi) is 5.72. The van der Waals surface area contributed by atoms with Crippen LogP contribution >= 0.6 is 11.6 Å². The molecule has 0 aromatic heterocycles. The van der Waals surface area contributed by atoms with Crippen LogP contribution in [0.4, 0.5) is 14.5 Å². The molecule has 0 fully saturated rings. The van der Waals surface area contributed by atoms with Crippen LogP contribution < -0.4 is 10.1 Å². The molecule has 2 rings (SSSR count). The number of benzene rings is 2. The summed E-state index contributed by atoms with van der Waals surface area (Å²) in [6.07, 6.45) is 0. The molecule has 0 atom stereocenters. The van der Waals surface area contributed by atoms with Crippen molar-refractivity contribution in [3.63, 3.8) is 0 Å². The first-order valence-corrected chi connectivity index (χ1v) is 7.44. The highest BCUT2D eigenvalue weighted by atomic mass is 35.5. The summed E-state index contributed by atoms with van der Waals surface area (Å²) in [5, 5.41) is 11.5. The van der Waals surface area contributed by atoms with Gasteiger partial charge in [0.25, 0.3) is 5.91 Å². The van der Waals surface area contributed by atoms with Crippen LogP contribution in [-0.4, -0.2) is 12.5 Å². The van der Waals surface area contributed by atoms with Crippen LogP contribution in [0.15, 0.2) is 36.4 Å². The summed E-state index contributed by atoms with van der Waals surface area (Å²) < 4.78 is 29.3. The quantitative estimate of drug-likeness (QED) is 0.810. The first kappa shape index (κ1) is 17.7. The fourth-order valence-electron chi connectivity index (χ4n) is 2.13. The van der Waals surface area contributed by atoms with Crippen molar-refractivity contribution in [2.75, 3.05) is 5.32 Å². The second-order valence-corrected chi connectivity index (χ2v) is 5.20. The number of nitriles is 1. The molecule has 2 aromatic rings. The summed E-state index contributed by atoms with van der Waals surface area (Å²) in [6.45, 7) is -1.28. The van der Waals surface area contributed by atoms with Crippen LogP contribution in [0, 0.1) is 18.3 Å². The molecule has 0 heterocycles. The Balaban J connectivity index is 2.24. The number of hydrogen-bond acceptors (Lipinski definition) is 3. The Hall–Kier alpha value is -2.65. The average Bonchev–Trinajstić information content (AvgIpc) is 2.54. The van der Waals surface area contributed by atoms with Gasteiger partial charge < -0.3 is 10.1 Å². The summed E-state index contributed by atoms with van der Waals surface area (Å²) in [5.41, 5.74) is 2.15. The topological polar surface area (TPSA) is 62.1 Å². The van der Waals surface area contributed by atoms with Crippen LogP contribution in [0.2, 0.25) is 0 Å². The third-order valence-corrected chi connectivity index (χ3v) is 3.57. The molecule has 1 N–H and O–H groups in total. The number of aryl methyl sites for hydroxylation is 1. The lowest BCUT2D eigenvalue weighted by Crippen LogP contribution is -2.14. The van der Waals surface area contributed by atoms with Gasteiger partial charge in [-0.2, -0.15) is 14.0 Å². The van der Waals surface area contributed by atoms with Gasteiger partial charge in [0.05, 0.1) is 17.5 Å². The van der Waals surface area contributed by atoms with Crippen molar-refractivity contribution in [3.8, 4) is 11.8 Å². The van der Waals surface area contributed by atoms with E-state index in [1.54, 1.807) is 19.1 Å². The first-order chi connectivity index (χ1) is 11.4. The Bertz CT molecular complexity index is 804. The van der Waals surface area contributed by atoms with E-state index in [1.807, 2.05) is 6.07 Å². The molecule has 2 aromatic carbocycles. The van der Waals surface area contributed by atoms with E-state index in [1.165, 1.54) is 24.3 Å². The minimum atomic E-state index is -2.99. The van der Waals surface area contributed by atoms with Crippen LogP contribution in [0.1, 0.15) is 27.0 Å². The number of carbonyl (C=O) groups excluding carboxylic acids is 1. The summed E-state index contributed by atoms with van der Waals surface area (Å²) >= 11 is 5.68. The molecule has 0 radical (unpaired) electrons. The van der Waals surface area contributed by atoms with Crippen molar-refractivity contribution in [2.45, 2.75) is 19.4 Å². The fraction of sp³-hybridized carbons (Fsp3) is 0.176. The second kappa shape index (κ2) is 7.75. The van der Waals surface area contributed by atoms with Gasteiger partial charge >= 0.3 is 6.61 Å². The van der Waals surface area contributed by atoms with Gasteiger partial charge in [-0.25, -0.2) is 0 Å². The Morgan fingerprint density at radius 3 is 2.67 bits per heavy atom. The molecule has 0 bridgehead atoms. The van der Waals surface area contributed by atoms with Crippen molar-refractivity contribution in [1.29, 1.82) is 5.26 Å². The Labute approximate surface area is 142 Å². The lowest BCUT2D eigenvalue weighted by molar-refractivity contribution is -0.0502. The van der Waals surface area contributed by atoms with Crippen LogP contribution in [0.25, 0.3) is 0 Å². The van der Waals surface area contributed by atoms with Crippen molar-refractivity contribution in [3.05, 3.63) is 58.7 Å². The number of amides is 1. The van der Waals surface area contributed by atoms with Gasteiger partial charge in [0.1, 0.15) is 5.75 Å². The first-order valence-electron chi connectivity index (χ1n) is 6.90. The third kappa shape index (κ3) is 4.21. The molecule has 4 nitrogen and oxygen atoms in total. The van der Waals surface area contributed by atoms with Crippen molar-refractivity contribution in [2.24, 2.45) is 0 Å². The van der Waals surface area contributed by atoms with Crippen molar-refractivity contribution < 1.29 is 18.3 Å². The molecule has 0 aliphatic rings. The number of nitrogens with zero attached hydrogens (tertiary/aromatic N) is 1. The van der Waals surface area contributed by atoms with E-state index >= 15 is 0 Å². The highest BCUT2D eigenvalue weighted by molar-refractivity contribution is 6.17. The predicted octanol–water partition coefficient (Wildman–Crippen LogP) is 4.46. The zero-order valence-electron chi connectivity index (χ0n) is 12.6. The normalized spacial score (nSPS) is 10.3. The minimum Gasteiger partial charge on any atom is -0.434 e. The van der Waals surface area contributed by atoms with Crippen LogP contribution in [0.5, 0.6) is 5.75 Å². The Morgan fingerprint density at radius 2 is 2.08 bits per heavy atom. The summed E-state index contributed by atoms with van der Waals surface area (Å²) in [4.78, 5) is 12.3. The summed E-state index contributed by atoms with van der Waals surface area (Å²) in [6, 6.07) is 11.0. The monoisotopic (exact) mass is 350 g/mol. The lowest BCUT2D eigenvalue weighted by Gasteiger charge is -2.12. The number of nitrogens with one attached hydrogen (secondary N) is 1. The average molecular weight is 351 g/mol. The van der Waals surface area contributed by atoms with Gasteiger partial charge in [0.15, 0.2) is 0 Å². The zero-order chi connectivity index (χ0) is 17.7. The standard InChI is InChI=1S/C17H13ClF2N2O2/c1-10-6-11(9-21)2-5-14(10)16(23)22-13-4-3-12(8-18)15(7-13)24-17(19)20/h2-7,17H,8H2,1H3,(H,22,23). The third-order valence-electron chi connectivity index (χ3n) is 3.29. The second-order valence-electron chi connectivity index (χ2n) is 4.93. The fourth-order valence-corrected chi connectivity index (χ4v) is 2.36. The maximum absolute atomic E-state index is 12.4. The molecule has 0 aliphatic carbocycles. The maximum Gasteiger partial charge on any atom is 0.387 e. The lowest BCUT2D eigenvalue weighted by atomic mass is 10.0. The smallest absolute Gasteiger partial charge is 0.387 e. The number of hydrogen-bond donors (Lipinski definition) is 1. The van der Waals surface area contributed by atoms with Crippen LogP contribution in [-0.2, 0) is 5.88 Å². The highest BCUT2D eigenvalue weighted by Gasteiger charge is 2.13. The summed E-state index contributed by atoms with van der Waals surface area (Å²) in [7, 11) is 0. The molecule has 7 heteroatoms. The number of anilines is 1. The molecular formula is C17H13ClF2N2O2. The van der Waals surface area contributed by atoms with Gasteiger partial charge in [-0.15, -0.1) is 11.6 Å². The van der Waals surface area contributed by atoms with E-state index < -0.39 is 12.5 Å². The van der Waals surface area contributed by atoms with Crippen molar-refractivity contribution >= 4 is 23.2 Å². The predicted molar refractivity (Wildman–Crippen MR) is 86.5 cm³/mol. The van der Waals surface area contributed by atoms with Gasteiger partial charge in [-0.05, 0) is 36.8 Å². The van der Waals surface area contributed by atoms with E-state index in [4.69, 9.17) is 16.9 Å². The number of rotatable bonds is 5. The van der Waals surface area contributed by atoms with E-state index in [9.17, 15) is 13.6 Å². The van der Waals surface area contributed by atoms with Gasteiger partial charge in [0.2, 0.25) is 0 Å². The molecule has 0 saturated carbocycles. The molecule has 1 amide bonds. The number of halogens is 3. The Morgan fingerprint density at radius 1 is 1.33 bits per heavy atom. The zero-order valence-corrected chi connectivity index (χ0v) is 13.4. The largest absolute Gasteiger partial charge is 0.434 e. The number of alkyl halides is 3. The molecule has 0 saturated heterocycles. The van der Waals surface area contributed by atoms with Crippen molar-refractivity contribution in [1.82, 2.24) is 0 Å². The highest BCUT2D eigenvalue weighted by Crippen LogP contribution is 2.27. The number of ether oxygens (including phenoxy) is 1. The molecule has 0 spiro atoms.